The van der Waals surface area contributed by atoms with Crippen LogP contribution in [0.1, 0.15) is 25.7 Å². The molecule has 1 fully saturated rings. The summed E-state index contributed by atoms with van der Waals surface area (Å²) < 4.78 is 10.9. The van der Waals surface area contributed by atoms with Crippen LogP contribution in [0.15, 0.2) is 0 Å². The van der Waals surface area contributed by atoms with Gasteiger partial charge < -0.3 is 20.6 Å². The minimum Gasteiger partial charge on any atom is -0.480 e. The highest BCUT2D eigenvalue weighted by Crippen LogP contribution is 2.42. The van der Waals surface area contributed by atoms with E-state index in [0.29, 0.717) is 6.42 Å². The summed E-state index contributed by atoms with van der Waals surface area (Å²) >= 11 is 0. The van der Waals surface area contributed by atoms with E-state index in [1.165, 1.54) is 0 Å². The molecule has 7 heteroatoms. The maximum Gasteiger partial charge on any atom is 0.325 e. The summed E-state index contributed by atoms with van der Waals surface area (Å²) in [6, 6.07) is -0.917. The summed E-state index contributed by atoms with van der Waals surface area (Å²) in [6.45, 7) is 0. The average molecular weight is 251 g/mol. The monoisotopic (exact) mass is 251 g/mol. The van der Waals surface area contributed by atoms with Crippen molar-refractivity contribution in [2.24, 2.45) is 17.6 Å². The molecule has 0 aromatic carbocycles. The molecule has 1 aliphatic carbocycles. The van der Waals surface area contributed by atoms with Crippen LogP contribution in [-0.2, 0) is 9.36 Å². The number of aliphatic carboxylic acids is 1. The van der Waals surface area contributed by atoms with E-state index >= 15 is 0 Å². The minimum absolute atomic E-state index is 0.106. The molecule has 1 rings (SSSR count). The van der Waals surface area contributed by atoms with Crippen molar-refractivity contribution in [1.29, 1.82) is 0 Å². The lowest BCUT2D eigenvalue weighted by atomic mass is 9.79. The second-order valence-electron chi connectivity index (χ2n) is 4.50. The standard InChI is InChI=1S/C9H18NO5P/c10-8(9(11)12)7-3-1-2-6(4-7)5-16(13,14)15/h6-8H,1-5,10H2,(H,11,12)(H2,13,14,15)/t6?,7-,8-/m1/s1. The molecule has 0 spiro atoms. The minimum atomic E-state index is -4.00. The first-order chi connectivity index (χ1) is 7.29. The maximum absolute atomic E-state index is 10.9. The Morgan fingerprint density at radius 1 is 1.44 bits per heavy atom. The van der Waals surface area contributed by atoms with Gasteiger partial charge in [0.25, 0.3) is 0 Å². The average Bonchev–Trinajstić information content (AvgIpc) is 2.14. The molecule has 0 saturated heterocycles. The first-order valence-corrected chi connectivity index (χ1v) is 7.12. The van der Waals surface area contributed by atoms with E-state index in [0.717, 1.165) is 19.3 Å². The lowest BCUT2D eigenvalue weighted by Crippen LogP contribution is -2.40. The fourth-order valence-corrected chi connectivity index (χ4v) is 3.37. The van der Waals surface area contributed by atoms with Gasteiger partial charge in [0.2, 0.25) is 0 Å². The lowest BCUT2D eigenvalue weighted by Gasteiger charge is -2.31. The van der Waals surface area contributed by atoms with Crippen LogP contribution in [0.5, 0.6) is 0 Å². The van der Waals surface area contributed by atoms with Gasteiger partial charge in [0.05, 0.1) is 6.16 Å². The van der Waals surface area contributed by atoms with Gasteiger partial charge >= 0.3 is 13.6 Å². The molecular formula is C9H18NO5P. The normalized spacial score (nSPS) is 28.7. The summed E-state index contributed by atoms with van der Waals surface area (Å²) in [6.07, 6.45) is 2.60. The Balaban J connectivity index is 2.53. The van der Waals surface area contributed by atoms with E-state index in [9.17, 15) is 9.36 Å². The van der Waals surface area contributed by atoms with E-state index in [1.54, 1.807) is 0 Å². The van der Waals surface area contributed by atoms with Gasteiger partial charge in [0, 0.05) is 0 Å². The first kappa shape index (κ1) is 13.6. The van der Waals surface area contributed by atoms with E-state index in [2.05, 4.69) is 0 Å². The van der Waals surface area contributed by atoms with Crippen LogP contribution in [0.2, 0.25) is 0 Å². The van der Waals surface area contributed by atoms with Crippen molar-refractivity contribution in [3.63, 3.8) is 0 Å². The molecule has 6 nitrogen and oxygen atoms in total. The third-order valence-electron chi connectivity index (χ3n) is 3.11. The third-order valence-corrected chi connectivity index (χ3v) is 4.10. The first-order valence-electron chi connectivity index (χ1n) is 5.32. The second kappa shape index (κ2) is 5.27. The SMILES string of the molecule is N[C@@H](C(=O)O)[C@@H]1CCCC(CP(=O)(O)O)C1. The van der Waals surface area contributed by atoms with Gasteiger partial charge in [-0.05, 0) is 31.1 Å². The molecule has 0 aromatic heterocycles. The largest absolute Gasteiger partial charge is 0.480 e. The van der Waals surface area contributed by atoms with Crippen LogP contribution >= 0.6 is 7.60 Å². The third kappa shape index (κ3) is 4.22. The van der Waals surface area contributed by atoms with E-state index in [4.69, 9.17) is 20.6 Å². The molecule has 1 saturated carbocycles. The van der Waals surface area contributed by atoms with Crippen molar-refractivity contribution < 1.29 is 24.3 Å². The van der Waals surface area contributed by atoms with Crippen LogP contribution in [-0.4, -0.2) is 33.1 Å². The van der Waals surface area contributed by atoms with Crippen molar-refractivity contribution >= 4 is 13.6 Å². The summed E-state index contributed by atoms with van der Waals surface area (Å²) in [5.74, 6) is -1.31. The maximum atomic E-state index is 10.9. The highest BCUT2D eigenvalue weighted by Gasteiger charge is 2.32. The predicted molar refractivity (Wildman–Crippen MR) is 58.0 cm³/mol. The summed E-state index contributed by atoms with van der Waals surface area (Å²) in [7, 11) is -4.00. The van der Waals surface area contributed by atoms with E-state index in [1.807, 2.05) is 0 Å². The molecule has 0 radical (unpaired) electrons. The Morgan fingerprint density at radius 2 is 2.06 bits per heavy atom. The molecule has 1 aliphatic rings. The van der Waals surface area contributed by atoms with Crippen LogP contribution < -0.4 is 5.73 Å². The molecule has 0 aliphatic heterocycles. The van der Waals surface area contributed by atoms with Crippen molar-refractivity contribution in [3.05, 3.63) is 0 Å². The highest BCUT2D eigenvalue weighted by molar-refractivity contribution is 7.51. The van der Waals surface area contributed by atoms with E-state index < -0.39 is 19.6 Å². The Morgan fingerprint density at radius 3 is 2.56 bits per heavy atom. The van der Waals surface area contributed by atoms with Crippen LogP contribution in [0.25, 0.3) is 0 Å². The van der Waals surface area contributed by atoms with Gasteiger partial charge in [-0.15, -0.1) is 0 Å². The smallest absolute Gasteiger partial charge is 0.325 e. The lowest BCUT2D eigenvalue weighted by molar-refractivity contribution is -0.140. The Hall–Kier alpha value is -0.420. The Bertz CT molecular complexity index is 302. The number of rotatable bonds is 4. The number of hydrogen-bond donors (Lipinski definition) is 4. The van der Waals surface area contributed by atoms with Crippen molar-refractivity contribution in [2.45, 2.75) is 31.7 Å². The fraction of sp³-hybridized carbons (Fsp3) is 0.889. The van der Waals surface area contributed by atoms with Gasteiger partial charge in [-0.3, -0.25) is 9.36 Å². The van der Waals surface area contributed by atoms with Gasteiger partial charge in [0.15, 0.2) is 0 Å². The molecule has 1 unspecified atom stereocenters. The molecule has 0 aromatic rings. The van der Waals surface area contributed by atoms with Gasteiger partial charge in [-0.1, -0.05) is 6.42 Å². The van der Waals surface area contributed by atoms with E-state index in [-0.39, 0.29) is 18.0 Å². The predicted octanol–water partition coefficient (Wildman–Crippen LogP) is 0.382. The van der Waals surface area contributed by atoms with Crippen LogP contribution in [0.3, 0.4) is 0 Å². The van der Waals surface area contributed by atoms with Crippen molar-refractivity contribution in [3.8, 4) is 0 Å². The highest BCUT2D eigenvalue weighted by atomic mass is 31.2. The van der Waals surface area contributed by atoms with Crippen molar-refractivity contribution in [1.82, 2.24) is 0 Å². The summed E-state index contributed by atoms with van der Waals surface area (Å²) in [4.78, 5) is 28.4. The zero-order valence-electron chi connectivity index (χ0n) is 8.95. The number of carbonyl (C=O) groups is 1. The number of nitrogens with two attached hydrogens (primary N) is 1. The molecule has 0 heterocycles. The van der Waals surface area contributed by atoms with Crippen LogP contribution in [0, 0.1) is 11.8 Å². The number of carboxylic acids is 1. The Labute approximate surface area is 94.0 Å². The van der Waals surface area contributed by atoms with Gasteiger partial charge in [0.1, 0.15) is 6.04 Å². The molecule has 5 N–H and O–H groups in total. The van der Waals surface area contributed by atoms with Gasteiger partial charge in [-0.25, -0.2) is 0 Å². The molecule has 3 atom stereocenters. The van der Waals surface area contributed by atoms with Crippen molar-refractivity contribution in [2.75, 3.05) is 6.16 Å². The molecule has 0 amide bonds. The molecule has 0 bridgehead atoms. The molecule has 16 heavy (non-hydrogen) atoms. The Kier molecular flexibility index (Phi) is 4.50. The fourth-order valence-electron chi connectivity index (χ4n) is 2.36. The molecule has 94 valence electrons. The number of carboxylic acid groups (broad SMARTS) is 1. The second-order valence-corrected chi connectivity index (χ2v) is 6.20. The topological polar surface area (TPSA) is 121 Å². The summed E-state index contributed by atoms with van der Waals surface area (Å²) in [5, 5.41) is 8.77. The number of hydrogen-bond acceptors (Lipinski definition) is 3. The van der Waals surface area contributed by atoms with Gasteiger partial charge in [-0.2, -0.15) is 0 Å². The zero-order valence-corrected chi connectivity index (χ0v) is 9.84. The quantitative estimate of drug-likeness (QED) is 0.536. The zero-order chi connectivity index (χ0) is 12.3. The van der Waals surface area contributed by atoms with Crippen LogP contribution in [0.4, 0.5) is 0 Å². The molecular weight excluding hydrogens is 233 g/mol. The summed E-state index contributed by atoms with van der Waals surface area (Å²) in [5.41, 5.74) is 5.52.